The number of nitrogens with one attached hydrogen (secondary N) is 1. The number of thioether (sulfide) groups is 1. The smallest absolute Gasteiger partial charge is 0.317 e. The van der Waals surface area contributed by atoms with Crippen molar-refractivity contribution in [2.75, 3.05) is 25.4 Å². The summed E-state index contributed by atoms with van der Waals surface area (Å²) in [6.07, 6.45) is 8.18. The molecule has 0 bridgehead atoms. The fourth-order valence-electron chi connectivity index (χ4n) is 3.50. The Balaban J connectivity index is 2.57. The first-order valence-electron chi connectivity index (χ1n) is 10.5. The van der Waals surface area contributed by atoms with E-state index in [1.807, 2.05) is 18.7 Å². The Kier molecular flexibility index (Phi) is 10.9. The SMILES string of the molecule is CC(=O)SCCCN(CCC1CCCCC1)C(=O)NCC(C)(C)[C@H](C)C(=O)O. The molecule has 1 saturated carbocycles. The first kappa shape index (κ1) is 24.8. The molecule has 28 heavy (non-hydrogen) atoms. The highest BCUT2D eigenvalue weighted by Crippen LogP contribution is 2.27. The highest BCUT2D eigenvalue weighted by molar-refractivity contribution is 8.13. The minimum Gasteiger partial charge on any atom is -0.481 e. The second-order valence-corrected chi connectivity index (χ2v) is 9.95. The molecule has 2 amide bonds. The van der Waals surface area contributed by atoms with Crippen molar-refractivity contribution in [3.63, 3.8) is 0 Å². The number of hydrogen-bond acceptors (Lipinski definition) is 4. The summed E-state index contributed by atoms with van der Waals surface area (Å²) in [5.74, 6) is 0.00797. The van der Waals surface area contributed by atoms with Crippen LogP contribution in [0, 0.1) is 17.3 Å². The molecular formula is C21H38N2O4S. The van der Waals surface area contributed by atoms with Crippen molar-refractivity contribution in [1.29, 1.82) is 0 Å². The van der Waals surface area contributed by atoms with E-state index in [2.05, 4.69) is 5.32 Å². The Morgan fingerprint density at radius 3 is 2.39 bits per heavy atom. The largest absolute Gasteiger partial charge is 0.481 e. The van der Waals surface area contributed by atoms with Gasteiger partial charge in [-0.2, -0.15) is 0 Å². The summed E-state index contributed by atoms with van der Waals surface area (Å²) in [5.41, 5.74) is -0.527. The molecule has 7 heteroatoms. The molecular weight excluding hydrogens is 376 g/mol. The predicted octanol–water partition coefficient (Wildman–Crippen LogP) is 4.39. The summed E-state index contributed by atoms with van der Waals surface area (Å²) in [4.78, 5) is 37.0. The fourth-order valence-corrected chi connectivity index (χ4v) is 4.06. The maximum Gasteiger partial charge on any atom is 0.317 e. The van der Waals surface area contributed by atoms with E-state index >= 15 is 0 Å². The third-order valence-corrected chi connectivity index (χ3v) is 6.83. The van der Waals surface area contributed by atoms with Crippen molar-refractivity contribution in [1.82, 2.24) is 10.2 Å². The van der Waals surface area contributed by atoms with Crippen LogP contribution in [0.25, 0.3) is 0 Å². The summed E-state index contributed by atoms with van der Waals surface area (Å²) in [6, 6.07) is -0.130. The number of hydrogen-bond donors (Lipinski definition) is 2. The van der Waals surface area contributed by atoms with E-state index in [9.17, 15) is 19.5 Å². The Morgan fingerprint density at radius 2 is 1.82 bits per heavy atom. The standard InChI is InChI=1S/C21H38N2O4S/c1-16(19(25)26)21(3,4)15-22-20(27)23(12-8-14-28-17(2)24)13-11-18-9-6-5-7-10-18/h16,18H,5-15H2,1-4H3,(H,22,27)(H,25,26)/t16-/m1/s1. The third-order valence-electron chi connectivity index (χ3n) is 5.93. The van der Waals surface area contributed by atoms with Crippen LogP contribution in [-0.4, -0.2) is 52.5 Å². The van der Waals surface area contributed by atoms with Gasteiger partial charge in [0.25, 0.3) is 0 Å². The van der Waals surface area contributed by atoms with Gasteiger partial charge in [-0.15, -0.1) is 0 Å². The molecule has 0 heterocycles. The third kappa shape index (κ3) is 9.30. The van der Waals surface area contributed by atoms with Crippen LogP contribution in [0.3, 0.4) is 0 Å². The first-order valence-corrected chi connectivity index (χ1v) is 11.5. The summed E-state index contributed by atoms with van der Waals surface area (Å²) < 4.78 is 0. The molecule has 1 aliphatic rings. The lowest BCUT2D eigenvalue weighted by atomic mass is 9.80. The van der Waals surface area contributed by atoms with Crippen LogP contribution in [0.2, 0.25) is 0 Å². The van der Waals surface area contributed by atoms with Gasteiger partial charge in [-0.1, -0.05) is 64.6 Å². The van der Waals surface area contributed by atoms with Crippen molar-refractivity contribution in [3.8, 4) is 0 Å². The van der Waals surface area contributed by atoms with Crippen molar-refractivity contribution < 1.29 is 19.5 Å². The minimum atomic E-state index is -0.852. The number of nitrogens with zero attached hydrogens (tertiary/aromatic N) is 1. The average molecular weight is 415 g/mol. The van der Waals surface area contributed by atoms with E-state index in [4.69, 9.17) is 0 Å². The van der Waals surface area contributed by atoms with Gasteiger partial charge in [0, 0.05) is 32.3 Å². The molecule has 0 saturated heterocycles. The molecule has 1 atom stereocenters. The van der Waals surface area contributed by atoms with Gasteiger partial charge >= 0.3 is 12.0 Å². The second kappa shape index (κ2) is 12.3. The van der Waals surface area contributed by atoms with Gasteiger partial charge in [0.05, 0.1) is 5.92 Å². The zero-order valence-electron chi connectivity index (χ0n) is 18.0. The summed E-state index contributed by atoms with van der Waals surface area (Å²) in [5, 5.41) is 12.3. The van der Waals surface area contributed by atoms with E-state index < -0.39 is 17.3 Å². The van der Waals surface area contributed by atoms with E-state index in [1.165, 1.54) is 43.9 Å². The lowest BCUT2D eigenvalue weighted by molar-refractivity contribution is -0.144. The molecule has 162 valence electrons. The molecule has 0 aromatic rings. The van der Waals surface area contributed by atoms with E-state index in [0.717, 1.165) is 19.4 Å². The lowest BCUT2D eigenvalue weighted by Crippen LogP contribution is -2.47. The average Bonchev–Trinajstić information content (AvgIpc) is 2.65. The number of aliphatic carboxylic acids is 1. The monoisotopic (exact) mass is 414 g/mol. The molecule has 6 nitrogen and oxygen atoms in total. The second-order valence-electron chi connectivity index (χ2n) is 8.68. The number of carboxylic acid groups (broad SMARTS) is 1. The molecule has 0 aliphatic heterocycles. The highest BCUT2D eigenvalue weighted by atomic mass is 32.2. The minimum absolute atomic E-state index is 0.0996. The number of carbonyl (C=O) groups is 3. The molecule has 0 aromatic heterocycles. The number of rotatable bonds is 11. The van der Waals surface area contributed by atoms with Crippen LogP contribution in [0.15, 0.2) is 0 Å². The van der Waals surface area contributed by atoms with E-state index in [1.54, 1.807) is 13.8 Å². The Labute approximate surface area is 174 Å². The predicted molar refractivity (Wildman–Crippen MR) is 115 cm³/mol. The first-order chi connectivity index (χ1) is 13.1. The van der Waals surface area contributed by atoms with Gasteiger partial charge in [-0.25, -0.2) is 4.79 Å². The van der Waals surface area contributed by atoms with Crippen molar-refractivity contribution in [3.05, 3.63) is 0 Å². The van der Waals surface area contributed by atoms with Gasteiger partial charge in [-0.3, -0.25) is 9.59 Å². The topological polar surface area (TPSA) is 86.7 Å². The Bertz CT molecular complexity index is 519. The number of carbonyl (C=O) groups excluding carboxylic acids is 2. The van der Waals surface area contributed by atoms with Crippen LogP contribution in [0.4, 0.5) is 4.79 Å². The van der Waals surface area contributed by atoms with Gasteiger partial charge in [-0.05, 0) is 24.2 Å². The maximum absolute atomic E-state index is 12.8. The van der Waals surface area contributed by atoms with Gasteiger partial charge < -0.3 is 15.3 Å². The highest BCUT2D eigenvalue weighted by Gasteiger charge is 2.32. The normalized spacial score (nSPS) is 16.4. The molecule has 0 radical (unpaired) electrons. The Morgan fingerprint density at radius 1 is 1.18 bits per heavy atom. The summed E-state index contributed by atoms with van der Waals surface area (Å²) in [6.45, 7) is 8.62. The molecule has 0 spiro atoms. The summed E-state index contributed by atoms with van der Waals surface area (Å²) >= 11 is 1.29. The molecule has 1 fully saturated rings. The Hall–Kier alpha value is -1.24. The van der Waals surface area contributed by atoms with Crippen molar-refractivity contribution >= 4 is 28.9 Å². The van der Waals surface area contributed by atoms with Crippen LogP contribution < -0.4 is 5.32 Å². The fraction of sp³-hybridized carbons (Fsp3) is 0.857. The zero-order chi connectivity index (χ0) is 21.2. The number of urea groups is 1. The molecule has 1 aliphatic carbocycles. The van der Waals surface area contributed by atoms with Gasteiger partial charge in [0.1, 0.15) is 0 Å². The number of amides is 2. The zero-order valence-corrected chi connectivity index (χ0v) is 18.8. The van der Waals surface area contributed by atoms with Crippen LogP contribution >= 0.6 is 11.8 Å². The summed E-state index contributed by atoms with van der Waals surface area (Å²) in [7, 11) is 0. The molecule has 0 aromatic carbocycles. The lowest BCUT2D eigenvalue weighted by Gasteiger charge is -2.32. The number of carboxylic acids is 1. The van der Waals surface area contributed by atoms with Crippen molar-refractivity contribution in [2.45, 2.75) is 72.6 Å². The van der Waals surface area contributed by atoms with Gasteiger partial charge in [0.2, 0.25) is 0 Å². The maximum atomic E-state index is 12.8. The van der Waals surface area contributed by atoms with Gasteiger partial charge in [0.15, 0.2) is 5.12 Å². The van der Waals surface area contributed by atoms with Crippen LogP contribution in [0.5, 0.6) is 0 Å². The quantitative estimate of drug-likeness (QED) is 0.490. The molecule has 2 N–H and O–H groups in total. The van der Waals surface area contributed by atoms with Crippen LogP contribution in [0.1, 0.15) is 72.6 Å². The van der Waals surface area contributed by atoms with Crippen LogP contribution in [-0.2, 0) is 9.59 Å². The van der Waals surface area contributed by atoms with E-state index in [0.29, 0.717) is 24.8 Å². The van der Waals surface area contributed by atoms with E-state index in [-0.39, 0.29) is 11.1 Å². The molecule has 1 rings (SSSR count). The van der Waals surface area contributed by atoms with Crippen molar-refractivity contribution in [2.24, 2.45) is 17.3 Å². The molecule has 0 unspecified atom stereocenters.